The van der Waals surface area contributed by atoms with Crippen LogP contribution in [0, 0.1) is 18.3 Å². The van der Waals surface area contributed by atoms with E-state index in [-0.39, 0.29) is 11.8 Å². The molecule has 156 valence electrons. The molecule has 0 aliphatic heterocycles. The number of rotatable bonds is 6. The van der Waals surface area contributed by atoms with E-state index < -0.39 is 17.5 Å². The number of aryl methyl sites for hydroxylation is 1. The van der Waals surface area contributed by atoms with E-state index in [9.17, 15) is 14.4 Å². The Morgan fingerprint density at radius 3 is 2.46 bits per heavy atom. The molecule has 1 aliphatic rings. The number of hydrogen-bond acceptors (Lipinski definition) is 5. The van der Waals surface area contributed by atoms with Crippen molar-refractivity contribution < 1.29 is 19.1 Å². The minimum Gasteiger partial charge on any atom is -0.448 e. The summed E-state index contributed by atoms with van der Waals surface area (Å²) in [6.45, 7) is 9.48. The van der Waals surface area contributed by atoms with Crippen molar-refractivity contribution in [3.05, 3.63) is 16.5 Å². The zero-order chi connectivity index (χ0) is 20.9. The molecule has 0 bridgehead atoms. The molecule has 0 spiro atoms. The van der Waals surface area contributed by atoms with Crippen LogP contribution in [-0.4, -0.2) is 30.4 Å². The summed E-state index contributed by atoms with van der Waals surface area (Å²) < 4.78 is 5.35. The van der Waals surface area contributed by atoms with Gasteiger partial charge >= 0.3 is 5.97 Å². The van der Waals surface area contributed by atoms with Gasteiger partial charge in [0.1, 0.15) is 4.88 Å². The maximum absolute atomic E-state index is 12.5. The summed E-state index contributed by atoms with van der Waals surface area (Å²) in [5.74, 6) is -0.410. The van der Waals surface area contributed by atoms with Crippen LogP contribution in [-0.2, 0) is 14.3 Å². The first-order valence-electron chi connectivity index (χ1n) is 9.98. The molecule has 1 aliphatic carbocycles. The second-order valence-corrected chi connectivity index (χ2v) is 9.68. The Kier molecular flexibility index (Phi) is 7.63. The monoisotopic (exact) mass is 408 g/mol. The van der Waals surface area contributed by atoms with Gasteiger partial charge in [-0.2, -0.15) is 0 Å². The molecule has 2 amide bonds. The molecular weight excluding hydrogens is 376 g/mol. The van der Waals surface area contributed by atoms with Gasteiger partial charge in [0.2, 0.25) is 5.91 Å². The van der Waals surface area contributed by atoms with Crippen LogP contribution in [0.1, 0.15) is 75.0 Å². The van der Waals surface area contributed by atoms with Crippen molar-refractivity contribution in [2.75, 3.05) is 11.9 Å². The first-order chi connectivity index (χ1) is 13.1. The average molecular weight is 409 g/mol. The van der Waals surface area contributed by atoms with Gasteiger partial charge in [-0.15, -0.1) is 11.3 Å². The van der Waals surface area contributed by atoms with Crippen LogP contribution in [0.4, 0.5) is 5.00 Å². The van der Waals surface area contributed by atoms with Crippen LogP contribution in [0.5, 0.6) is 0 Å². The second kappa shape index (κ2) is 9.54. The molecular formula is C21H32N2O4S. The normalized spacial score (nSPS) is 16.3. The number of anilines is 1. The Morgan fingerprint density at radius 1 is 1.21 bits per heavy atom. The van der Waals surface area contributed by atoms with Crippen molar-refractivity contribution >= 4 is 34.1 Å². The highest BCUT2D eigenvalue weighted by atomic mass is 32.1. The molecule has 2 rings (SSSR count). The highest BCUT2D eigenvalue weighted by Crippen LogP contribution is 2.29. The van der Waals surface area contributed by atoms with Crippen LogP contribution in [0.3, 0.4) is 0 Å². The predicted molar refractivity (Wildman–Crippen MR) is 112 cm³/mol. The Labute approximate surface area is 171 Å². The third-order valence-electron chi connectivity index (χ3n) is 4.96. The van der Waals surface area contributed by atoms with Crippen LogP contribution in [0.25, 0.3) is 0 Å². The number of thiophene rings is 1. The standard InChI is InChI=1S/C21H32N2O4S/c1-13-11-16(23-20(26)21(3,4)5)28-17(13)19(25)27-14(2)18(24)22-12-15-9-7-6-8-10-15/h11,14-15H,6-10,12H2,1-5H3,(H,22,24)(H,23,26). The molecule has 28 heavy (non-hydrogen) atoms. The van der Waals surface area contributed by atoms with Gasteiger partial charge in [-0.3, -0.25) is 9.59 Å². The number of ether oxygens (including phenoxy) is 1. The Morgan fingerprint density at radius 2 is 1.86 bits per heavy atom. The van der Waals surface area contributed by atoms with E-state index >= 15 is 0 Å². The minimum atomic E-state index is -0.856. The number of esters is 1. The Balaban J connectivity index is 1.89. The van der Waals surface area contributed by atoms with E-state index in [1.165, 1.54) is 19.3 Å². The molecule has 0 saturated heterocycles. The summed E-state index contributed by atoms with van der Waals surface area (Å²) in [6.07, 6.45) is 5.15. The van der Waals surface area contributed by atoms with Gasteiger partial charge in [0, 0.05) is 12.0 Å². The quantitative estimate of drug-likeness (QED) is 0.688. The van der Waals surface area contributed by atoms with E-state index in [1.54, 1.807) is 19.9 Å². The van der Waals surface area contributed by atoms with E-state index in [2.05, 4.69) is 10.6 Å². The summed E-state index contributed by atoms with van der Waals surface area (Å²) in [6, 6.07) is 1.75. The van der Waals surface area contributed by atoms with E-state index in [1.807, 2.05) is 20.8 Å². The molecule has 1 atom stereocenters. The van der Waals surface area contributed by atoms with Crippen LogP contribution >= 0.6 is 11.3 Å². The topological polar surface area (TPSA) is 84.5 Å². The summed E-state index contributed by atoms with van der Waals surface area (Å²) in [5, 5.41) is 6.32. The van der Waals surface area contributed by atoms with Crippen molar-refractivity contribution in [1.82, 2.24) is 5.32 Å². The number of amides is 2. The number of nitrogens with one attached hydrogen (secondary N) is 2. The first-order valence-corrected chi connectivity index (χ1v) is 10.8. The average Bonchev–Trinajstić information content (AvgIpc) is 3.00. The first kappa shape index (κ1) is 22.4. The molecule has 1 heterocycles. The fourth-order valence-corrected chi connectivity index (χ4v) is 4.04. The summed E-state index contributed by atoms with van der Waals surface area (Å²) in [7, 11) is 0. The molecule has 1 unspecified atom stereocenters. The lowest BCUT2D eigenvalue weighted by Crippen LogP contribution is -2.38. The second-order valence-electron chi connectivity index (χ2n) is 8.62. The van der Waals surface area contributed by atoms with Gasteiger partial charge < -0.3 is 15.4 Å². The fraction of sp³-hybridized carbons (Fsp3) is 0.667. The molecule has 0 aromatic carbocycles. The summed E-state index contributed by atoms with van der Waals surface area (Å²) >= 11 is 1.16. The zero-order valence-electron chi connectivity index (χ0n) is 17.5. The van der Waals surface area contributed by atoms with Crippen molar-refractivity contribution in [2.24, 2.45) is 11.3 Å². The molecule has 1 aromatic heterocycles. The van der Waals surface area contributed by atoms with Crippen LogP contribution < -0.4 is 10.6 Å². The highest BCUT2D eigenvalue weighted by molar-refractivity contribution is 7.18. The van der Waals surface area contributed by atoms with Crippen molar-refractivity contribution in [1.29, 1.82) is 0 Å². The molecule has 2 N–H and O–H groups in total. The van der Waals surface area contributed by atoms with Crippen LogP contribution in [0.2, 0.25) is 0 Å². The maximum Gasteiger partial charge on any atom is 0.349 e. The SMILES string of the molecule is Cc1cc(NC(=O)C(C)(C)C)sc1C(=O)OC(C)C(=O)NCC1CCCCC1. The molecule has 1 fully saturated rings. The highest BCUT2D eigenvalue weighted by Gasteiger charge is 2.25. The predicted octanol–water partition coefficient (Wildman–Crippen LogP) is 4.28. The Bertz CT molecular complexity index is 714. The fourth-order valence-electron chi connectivity index (χ4n) is 3.09. The summed E-state index contributed by atoms with van der Waals surface area (Å²) in [4.78, 5) is 37.3. The minimum absolute atomic E-state index is 0.121. The molecule has 6 nitrogen and oxygen atoms in total. The third kappa shape index (κ3) is 6.33. The third-order valence-corrected chi connectivity index (χ3v) is 6.10. The zero-order valence-corrected chi connectivity index (χ0v) is 18.3. The van der Waals surface area contributed by atoms with E-state index in [4.69, 9.17) is 4.74 Å². The number of hydrogen-bond donors (Lipinski definition) is 2. The van der Waals surface area contributed by atoms with Gasteiger partial charge in [-0.25, -0.2) is 4.79 Å². The molecule has 0 radical (unpaired) electrons. The summed E-state index contributed by atoms with van der Waals surface area (Å²) in [5.41, 5.74) is 0.192. The molecule has 7 heteroatoms. The van der Waals surface area contributed by atoms with Crippen molar-refractivity contribution in [3.8, 4) is 0 Å². The lowest BCUT2D eigenvalue weighted by Gasteiger charge is -2.22. The van der Waals surface area contributed by atoms with Gasteiger partial charge in [0.15, 0.2) is 6.10 Å². The Hall–Kier alpha value is -1.89. The smallest absolute Gasteiger partial charge is 0.349 e. The van der Waals surface area contributed by atoms with Gasteiger partial charge in [0.05, 0.1) is 5.00 Å². The van der Waals surface area contributed by atoms with E-state index in [0.29, 0.717) is 27.9 Å². The number of carbonyl (C=O) groups is 3. The van der Waals surface area contributed by atoms with Gasteiger partial charge in [0.25, 0.3) is 5.91 Å². The van der Waals surface area contributed by atoms with Crippen molar-refractivity contribution in [2.45, 2.75) is 72.8 Å². The van der Waals surface area contributed by atoms with E-state index in [0.717, 1.165) is 24.2 Å². The molecule has 1 saturated carbocycles. The van der Waals surface area contributed by atoms with Gasteiger partial charge in [-0.1, -0.05) is 40.0 Å². The largest absolute Gasteiger partial charge is 0.448 e. The maximum atomic E-state index is 12.5. The molecule has 1 aromatic rings. The lowest BCUT2D eigenvalue weighted by atomic mass is 9.89. The lowest BCUT2D eigenvalue weighted by molar-refractivity contribution is -0.129. The van der Waals surface area contributed by atoms with Crippen LogP contribution in [0.15, 0.2) is 6.07 Å². The van der Waals surface area contributed by atoms with Gasteiger partial charge in [-0.05, 0) is 44.2 Å². The number of carbonyl (C=O) groups excluding carboxylic acids is 3. The van der Waals surface area contributed by atoms with Crippen molar-refractivity contribution in [3.63, 3.8) is 0 Å².